The lowest BCUT2D eigenvalue weighted by atomic mass is 10.0. The quantitative estimate of drug-likeness (QED) is 0.514. The summed E-state index contributed by atoms with van der Waals surface area (Å²) in [6, 6.07) is 11.4. The third-order valence-corrected chi connectivity index (χ3v) is 6.77. The number of hydrogen-bond acceptors (Lipinski definition) is 5. The van der Waals surface area contributed by atoms with Crippen molar-refractivity contribution >= 4 is 32.4 Å². The van der Waals surface area contributed by atoms with Crippen molar-refractivity contribution in [3.63, 3.8) is 0 Å². The molecule has 2 N–H and O–H groups in total. The lowest BCUT2D eigenvalue weighted by Gasteiger charge is -2.19. The van der Waals surface area contributed by atoms with Gasteiger partial charge in [0.2, 0.25) is 15.9 Å². The van der Waals surface area contributed by atoms with Gasteiger partial charge in [-0.2, -0.15) is 4.72 Å². The van der Waals surface area contributed by atoms with Crippen LogP contribution in [0.2, 0.25) is 0 Å². The summed E-state index contributed by atoms with van der Waals surface area (Å²) >= 11 is 1.22. The zero-order valence-corrected chi connectivity index (χ0v) is 19.1. The smallest absolute Gasteiger partial charge is 0.244 e. The van der Waals surface area contributed by atoms with Crippen LogP contribution in [0, 0.1) is 18.7 Å². The molecule has 1 amide bonds. The molecule has 1 unspecified atom stereocenters. The Kier molecular flexibility index (Phi) is 7.19. The van der Waals surface area contributed by atoms with E-state index in [1.54, 1.807) is 29.6 Å². The first-order valence-corrected chi connectivity index (χ1v) is 12.1. The van der Waals surface area contributed by atoms with E-state index in [2.05, 4.69) is 15.0 Å². The van der Waals surface area contributed by atoms with Crippen molar-refractivity contribution in [2.75, 3.05) is 5.32 Å². The summed E-state index contributed by atoms with van der Waals surface area (Å²) in [4.78, 5) is 17.3. The average molecular weight is 462 g/mol. The second-order valence-electron chi connectivity index (χ2n) is 7.65. The molecular weight excluding hydrogens is 437 g/mol. The number of amides is 1. The number of sulfonamides is 1. The van der Waals surface area contributed by atoms with Gasteiger partial charge in [-0.15, -0.1) is 11.3 Å². The van der Waals surface area contributed by atoms with Gasteiger partial charge in [0.25, 0.3) is 0 Å². The largest absolute Gasteiger partial charge is 0.301 e. The Balaban J connectivity index is 1.76. The molecule has 3 rings (SSSR count). The van der Waals surface area contributed by atoms with Crippen molar-refractivity contribution in [2.45, 2.75) is 38.1 Å². The number of benzene rings is 2. The van der Waals surface area contributed by atoms with Crippen LogP contribution in [0.5, 0.6) is 0 Å². The number of rotatable bonds is 8. The number of carbonyl (C=O) groups excluding carboxylic acids is 1. The molecule has 2 aromatic carbocycles. The molecule has 1 aromatic heterocycles. The minimum Gasteiger partial charge on any atom is -0.301 e. The van der Waals surface area contributed by atoms with Gasteiger partial charge < -0.3 is 5.32 Å². The topological polar surface area (TPSA) is 88.2 Å². The first-order valence-electron chi connectivity index (χ1n) is 9.75. The Bertz CT molecular complexity index is 1140. The SMILES string of the molecule is Cc1ccc(S(=O)(=O)NC(CC(C)C)C(=O)Nc2nc(-c3ccc(F)cc3)cs2)cc1. The highest BCUT2D eigenvalue weighted by Gasteiger charge is 2.27. The number of thiazole rings is 1. The van der Waals surface area contributed by atoms with E-state index in [0.29, 0.717) is 17.2 Å². The zero-order chi connectivity index (χ0) is 22.6. The van der Waals surface area contributed by atoms with Gasteiger partial charge in [0, 0.05) is 10.9 Å². The van der Waals surface area contributed by atoms with Crippen LogP contribution in [-0.4, -0.2) is 25.4 Å². The highest BCUT2D eigenvalue weighted by molar-refractivity contribution is 7.89. The molecule has 0 aliphatic heterocycles. The molecule has 3 aromatic rings. The lowest BCUT2D eigenvalue weighted by molar-refractivity contribution is -0.118. The van der Waals surface area contributed by atoms with Crippen molar-refractivity contribution in [3.8, 4) is 11.3 Å². The predicted molar refractivity (Wildman–Crippen MR) is 121 cm³/mol. The van der Waals surface area contributed by atoms with E-state index in [0.717, 1.165) is 11.1 Å². The van der Waals surface area contributed by atoms with Gasteiger partial charge in [-0.3, -0.25) is 4.79 Å². The number of carbonyl (C=O) groups is 1. The van der Waals surface area contributed by atoms with Crippen LogP contribution in [-0.2, 0) is 14.8 Å². The monoisotopic (exact) mass is 461 g/mol. The number of hydrogen-bond donors (Lipinski definition) is 2. The van der Waals surface area contributed by atoms with Gasteiger partial charge in [0.05, 0.1) is 10.6 Å². The summed E-state index contributed by atoms with van der Waals surface area (Å²) < 4.78 is 41.2. The molecule has 31 heavy (non-hydrogen) atoms. The molecule has 0 saturated heterocycles. The summed E-state index contributed by atoms with van der Waals surface area (Å²) in [5, 5.41) is 4.79. The number of nitrogens with one attached hydrogen (secondary N) is 2. The summed E-state index contributed by atoms with van der Waals surface area (Å²) in [6.07, 6.45) is 0.327. The van der Waals surface area contributed by atoms with E-state index in [1.165, 1.54) is 35.6 Å². The Labute approximate surface area is 185 Å². The minimum absolute atomic E-state index is 0.0857. The van der Waals surface area contributed by atoms with Crippen molar-refractivity contribution in [2.24, 2.45) is 5.92 Å². The number of nitrogens with zero attached hydrogens (tertiary/aromatic N) is 1. The van der Waals surface area contributed by atoms with Gasteiger partial charge in [-0.05, 0) is 55.7 Å². The molecule has 6 nitrogen and oxygen atoms in total. The van der Waals surface area contributed by atoms with E-state index in [-0.39, 0.29) is 16.6 Å². The molecule has 0 radical (unpaired) electrons. The van der Waals surface area contributed by atoms with Gasteiger partial charge in [0.15, 0.2) is 5.13 Å². The highest BCUT2D eigenvalue weighted by atomic mass is 32.2. The van der Waals surface area contributed by atoms with Crippen LogP contribution >= 0.6 is 11.3 Å². The minimum atomic E-state index is -3.86. The fraction of sp³-hybridized carbons (Fsp3) is 0.273. The molecule has 0 aliphatic carbocycles. The first kappa shape index (κ1) is 23.1. The van der Waals surface area contributed by atoms with Crippen LogP contribution < -0.4 is 10.0 Å². The van der Waals surface area contributed by atoms with E-state index in [9.17, 15) is 17.6 Å². The Morgan fingerprint density at radius 1 is 1.10 bits per heavy atom. The molecule has 1 heterocycles. The van der Waals surface area contributed by atoms with Gasteiger partial charge >= 0.3 is 0 Å². The fourth-order valence-corrected chi connectivity index (χ4v) is 4.86. The van der Waals surface area contributed by atoms with Gasteiger partial charge in [-0.25, -0.2) is 17.8 Å². The first-order chi connectivity index (χ1) is 14.6. The van der Waals surface area contributed by atoms with E-state index in [1.807, 2.05) is 20.8 Å². The summed E-state index contributed by atoms with van der Waals surface area (Å²) in [7, 11) is -3.86. The molecule has 0 bridgehead atoms. The van der Waals surface area contributed by atoms with Crippen LogP contribution in [0.4, 0.5) is 9.52 Å². The van der Waals surface area contributed by atoms with Crippen LogP contribution in [0.1, 0.15) is 25.8 Å². The molecule has 9 heteroatoms. The molecular formula is C22H24FN3O3S2. The Hall–Kier alpha value is -2.62. The maximum absolute atomic E-state index is 13.1. The van der Waals surface area contributed by atoms with Crippen molar-refractivity contribution in [3.05, 3.63) is 65.3 Å². The molecule has 0 aliphatic rings. The van der Waals surface area contributed by atoms with Crippen molar-refractivity contribution in [1.82, 2.24) is 9.71 Å². The second-order valence-corrected chi connectivity index (χ2v) is 10.2. The number of aromatic nitrogens is 1. The Morgan fingerprint density at radius 3 is 2.35 bits per heavy atom. The predicted octanol–water partition coefficient (Wildman–Crippen LogP) is 4.59. The summed E-state index contributed by atoms with van der Waals surface area (Å²) in [6.45, 7) is 5.69. The van der Waals surface area contributed by atoms with Crippen LogP contribution in [0.3, 0.4) is 0 Å². The van der Waals surface area contributed by atoms with E-state index in [4.69, 9.17) is 0 Å². The standard InChI is InChI=1S/C22H24FN3O3S2/c1-14(2)12-19(26-31(28,29)18-10-4-15(3)5-11-18)21(27)25-22-24-20(13-30-22)16-6-8-17(23)9-7-16/h4-11,13-14,19,26H,12H2,1-3H3,(H,24,25,27). The van der Waals surface area contributed by atoms with Crippen molar-refractivity contribution < 1.29 is 17.6 Å². The van der Waals surface area contributed by atoms with E-state index < -0.39 is 22.0 Å². The number of anilines is 1. The van der Waals surface area contributed by atoms with Crippen LogP contribution in [0.15, 0.2) is 58.8 Å². The third kappa shape index (κ3) is 6.19. The molecule has 0 spiro atoms. The molecule has 1 atom stereocenters. The van der Waals surface area contributed by atoms with Crippen molar-refractivity contribution in [1.29, 1.82) is 0 Å². The molecule has 164 valence electrons. The second kappa shape index (κ2) is 9.67. The maximum atomic E-state index is 13.1. The number of aryl methyl sites for hydroxylation is 1. The van der Waals surface area contributed by atoms with E-state index >= 15 is 0 Å². The molecule has 0 fully saturated rings. The lowest BCUT2D eigenvalue weighted by Crippen LogP contribution is -2.44. The number of halogens is 1. The average Bonchev–Trinajstić information content (AvgIpc) is 3.16. The normalized spacial score (nSPS) is 12.7. The fourth-order valence-electron chi connectivity index (χ4n) is 2.93. The van der Waals surface area contributed by atoms with Gasteiger partial charge in [0.1, 0.15) is 11.9 Å². The molecule has 0 saturated carbocycles. The highest BCUT2D eigenvalue weighted by Crippen LogP contribution is 2.25. The zero-order valence-electron chi connectivity index (χ0n) is 17.4. The van der Waals surface area contributed by atoms with Crippen LogP contribution in [0.25, 0.3) is 11.3 Å². The Morgan fingerprint density at radius 2 is 1.74 bits per heavy atom. The summed E-state index contributed by atoms with van der Waals surface area (Å²) in [5.74, 6) is -0.739. The summed E-state index contributed by atoms with van der Waals surface area (Å²) in [5.41, 5.74) is 2.26. The van der Waals surface area contributed by atoms with Gasteiger partial charge in [-0.1, -0.05) is 31.5 Å². The third-order valence-electron chi connectivity index (χ3n) is 4.53. The maximum Gasteiger partial charge on any atom is 0.244 e.